The molecule has 0 amide bonds. The minimum atomic E-state index is -6.21. The normalized spacial score (nSPS) is 20.3. The lowest BCUT2D eigenvalue weighted by atomic mass is 10.1. The molecule has 36 nitrogen and oxygen atoms in total. The number of phosphoric acid groups is 4. The molecule has 0 aliphatic carbocycles. The van der Waals surface area contributed by atoms with Gasteiger partial charge in [-0.15, -0.1) is 0 Å². The van der Waals surface area contributed by atoms with E-state index in [-0.39, 0.29) is 34.0 Å². The maximum absolute atomic E-state index is 12.5. The Morgan fingerprint density at radius 2 is 0.541 bits per heavy atom. The van der Waals surface area contributed by atoms with Gasteiger partial charge in [-0.3, -0.25) is 22.7 Å². The summed E-state index contributed by atoms with van der Waals surface area (Å²) in [6.07, 6.45) is 31.6. The lowest BCUT2D eigenvalue weighted by molar-refractivity contribution is -0.0503. The summed E-state index contributed by atoms with van der Waals surface area (Å²) in [5.74, 6) is -0.0592. The number of fused-ring (bicyclic) bond motifs is 2. The molecule has 6 rings (SSSR count). The molecular formula is C80H163BN15O21P5. The molecular weight excluding hydrogens is 1670 g/mol. The first-order valence-corrected chi connectivity index (χ1v) is 53.1. The summed E-state index contributed by atoms with van der Waals surface area (Å²) in [5, 5.41) is 41.8. The van der Waals surface area contributed by atoms with Crippen LogP contribution in [-0.2, 0) is 58.6 Å². The second-order valence-corrected chi connectivity index (χ2v) is 39.1. The van der Waals surface area contributed by atoms with Crippen molar-refractivity contribution in [1.29, 1.82) is 0 Å². The average molecular weight is 1840 g/mol. The number of hydrogen-bond donors (Lipinski definition) is 10. The van der Waals surface area contributed by atoms with Crippen LogP contribution in [0.3, 0.4) is 0 Å². The highest BCUT2D eigenvalue weighted by Crippen LogP contribution is 2.73. The molecule has 2 saturated heterocycles. The Labute approximate surface area is 732 Å². The van der Waals surface area contributed by atoms with Crippen LogP contribution in [0.1, 0.15) is 309 Å². The number of aromatic nitrogens is 8. The molecule has 712 valence electrons. The van der Waals surface area contributed by atoms with Crippen molar-refractivity contribution in [2.75, 3.05) is 123 Å². The third-order valence-electron chi connectivity index (χ3n) is 20.1. The standard InChI is InChI=1S/C20H28BN10O21P5.5C12H27N/c21-53(36,49-56(41,42)51-54(37,38)45-1-7-11(32)13(34)19(47-7)30-5-28-9-15(22)24-3-26-17(9)30)50-57(43,44)52-55(39,40)46-2-8-12(33)14(35)20(48-8)31-6-29-10-16(23)25-4-27-18(10)31;5*1-4-7-10-13(11-8-5-2)12-9-6-3/h3-8,11-14,19-20,32-35H,1-2H2,(H,37,38)(H,39,40)(H,41,42)(H,43,44)(H2,22,24,26)(H2,23,25,27);5*4-12H2,1-3H3/t7-,8-,11-,12-,13-,14-,19-,20-;;;;;/m1...../s1. The first-order valence-electron chi connectivity index (χ1n) is 45.5. The van der Waals surface area contributed by atoms with Crippen LogP contribution in [0.2, 0.25) is 0 Å². The van der Waals surface area contributed by atoms with E-state index >= 15 is 0 Å². The van der Waals surface area contributed by atoms with E-state index in [1.807, 2.05) is 0 Å². The van der Waals surface area contributed by atoms with Gasteiger partial charge in [0, 0.05) is 0 Å². The number of aliphatic hydroxyl groups excluding tert-OH is 4. The highest BCUT2D eigenvalue weighted by atomic mass is 31.3. The summed E-state index contributed by atoms with van der Waals surface area (Å²) in [6, 6.07) is 0. The minimum Gasteiger partial charge on any atom is -0.387 e. The fourth-order valence-electron chi connectivity index (χ4n) is 12.7. The Kier molecular flexibility index (Phi) is 64.6. The first-order chi connectivity index (χ1) is 58.1. The van der Waals surface area contributed by atoms with Crippen molar-refractivity contribution < 1.29 is 98.6 Å². The number of nitrogen functional groups attached to an aromatic ring is 2. The summed E-state index contributed by atoms with van der Waals surface area (Å²) in [4.78, 5) is 76.3. The fraction of sp³-hybridized carbons (Fsp3) is 0.875. The van der Waals surface area contributed by atoms with E-state index in [9.17, 15) is 62.8 Å². The molecule has 12 N–H and O–H groups in total. The molecule has 4 unspecified atom stereocenters. The predicted molar refractivity (Wildman–Crippen MR) is 486 cm³/mol. The second kappa shape index (κ2) is 67.3. The third kappa shape index (κ3) is 49.2. The van der Waals surface area contributed by atoms with E-state index in [4.69, 9.17) is 28.5 Å². The van der Waals surface area contributed by atoms with Gasteiger partial charge in [0.15, 0.2) is 35.4 Å². The van der Waals surface area contributed by atoms with Crippen LogP contribution in [0.15, 0.2) is 25.3 Å². The molecule has 6 heterocycles. The van der Waals surface area contributed by atoms with Crippen molar-refractivity contribution in [3.05, 3.63) is 25.3 Å². The number of anilines is 2. The second-order valence-electron chi connectivity index (χ2n) is 31.1. The predicted octanol–water partition coefficient (Wildman–Crippen LogP) is 16.3. The van der Waals surface area contributed by atoms with Gasteiger partial charge in [-0.2, -0.15) is 8.62 Å². The summed E-state index contributed by atoms with van der Waals surface area (Å²) in [5.41, 5.74) is 11.8. The van der Waals surface area contributed by atoms with Crippen LogP contribution < -0.4 is 11.5 Å². The number of ether oxygens (including phenoxy) is 2. The Hall–Kier alpha value is -2.93. The monoisotopic (exact) mass is 1840 g/mol. The van der Waals surface area contributed by atoms with Crippen LogP contribution in [0.5, 0.6) is 0 Å². The van der Waals surface area contributed by atoms with Crippen LogP contribution >= 0.6 is 38.8 Å². The molecule has 4 aromatic rings. The Morgan fingerprint density at radius 3 is 0.738 bits per heavy atom. The summed E-state index contributed by atoms with van der Waals surface area (Å²) >= 11 is 0. The van der Waals surface area contributed by atoms with Gasteiger partial charge < -0.3 is 85.4 Å². The molecule has 12 atom stereocenters. The lowest BCUT2D eigenvalue weighted by Gasteiger charge is -2.23. The number of unbranched alkanes of at least 4 members (excludes halogenated alkanes) is 15. The molecule has 0 saturated carbocycles. The number of rotatable bonds is 61. The quantitative estimate of drug-likeness (QED) is 0.0145. The van der Waals surface area contributed by atoms with Crippen molar-refractivity contribution in [3.63, 3.8) is 0 Å². The molecule has 2 aliphatic heterocycles. The highest BCUT2D eigenvalue weighted by Gasteiger charge is 2.50. The topological polar surface area (TPSA) is 476 Å². The highest BCUT2D eigenvalue weighted by molar-refractivity contribution is 7.87. The molecule has 2 fully saturated rings. The van der Waals surface area contributed by atoms with Crippen LogP contribution in [0, 0.1) is 0 Å². The van der Waals surface area contributed by atoms with Crippen molar-refractivity contribution in [2.24, 2.45) is 0 Å². The molecule has 0 bridgehead atoms. The van der Waals surface area contributed by atoms with Crippen molar-refractivity contribution in [2.45, 2.75) is 346 Å². The number of aliphatic hydroxyl groups is 4. The Bertz CT molecular complexity index is 3150. The molecule has 42 heteroatoms. The maximum atomic E-state index is 12.5. The van der Waals surface area contributed by atoms with Gasteiger partial charge in [-0.1, -0.05) is 200 Å². The zero-order chi connectivity index (χ0) is 91.6. The van der Waals surface area contributed by atoms with E-state index in [0.29, 0.717) is 0 Å². The Balaban J connectivity index is 0.000000918. The van der Waals surface area contributed by atoms with Gasteiger partial charge >= 0.3 is 31.3 Å². The van der Waals surface area contributed by atoms with Gasteiger partial charge in [0.2, 0.25) is 7.57 Å². The third-order valence-corrected chi connectivity index (χ3v) is 27.8. The van der Waals surface area contributed by atoms with Gasteiger partial charge in [0.05, 0.1) is 25.9 Å². The summed E-state index contributed by atoms with van der Waals surface area (Å²) < 4.78 is 100. The van der Waals surface area contributed by atoms with Crippen molar-refractivity contribution >= 4 is 80.3 Å². The molecule has 2 radical (unpaired) electrons. The molecule has 0 spiro atoms. The average Bonchev–Trinajstić information content (AvgIpc) is 1.62. The van der Waals surface area contributed by atoms with E-state index in [1.165, 1.54) is 291 Å². The number of imidazole rings is 2. The van der Waals surface area contributed by atoms with Gasteiger partial charge in [0.25, 0.3) is 7.47 Å². The molecule has 0 aromatic carbocycles. The zero-order valence-corrected chi connectivity index (χ0v) is 81.3. The number of nitrogens with zero attached hydrogens (tertiary/aromatic N) is 13. The summed E-state index contributed by atoms with van der Waals surface area (Å²) in [6.45, 7) is 51.6. The number of phosphoric ester groups is 2. The van der Waals surface area contributed by atoms with E-state index < -0.39 is 101 Å². The molecule has 4 aromatic heterocycles. The largest absolute Gasteiger partial charge is 0.487 e. The zero-order valence-electron chi connectivity index (χ0n) is 76.8. The van der Waals surface area contributed by atoms with E-state index in [0.717, 1.165) is 34.4 Å². The number of nitrogens with two attached hydrogens (primary N) is 2. The number of hydrogen-bond acceptors (Lipinski definition) is 30. The minimum absolute atomic E-state index is 0.0296. The molecule has 2 aliphatic rings. The van der Waals surface area contributed by atoms with Crippen molar-refractivity contribution in [1.82, 2.24) is 63.5 Å². The van der Waals surface area contributed by atoms with Gasteiger partial charge in [-0.05, 0) is 194 Å². The van der Waals surface area contributed by atoms with Crippen molar-refractivity contribution in [3.8, 4) is 0 Å². The van der Waals surface area contributed by atoms with E-state index in [2.05, 4.69) is 185 Å². The smallest absolute Gasteiger partial charge is 0.387 e. The van der Waals surface area contributed by atoms with Crippen LogP contribution in [0.4, 0.5) is 11.6 Å². The van der Waals surface area contributed by atoms with Crippen LogP contribution in [-0.4, -0.2) is 259 Å². The maximum Gasteiger partial charge on any atom is 0.487 e. The lowest BCUT2D eigenvalue weighted by Crippen LogP contribution is -2.33. The van der Waals surface area contributed by atoms with Crippen LogP contribution in [0.25, 0.3) is 22.3 Å². The Morgan fingerprint density at radius 1 is 0.336 bits per heavy atom. The SMILES string of the molecule is CCCCN(CCCC)CCCC.CCCCN(CCCC)CCCC.CCCCN(CCCC)CCCC.CCCCN(CCCC)CCCC.CCCCN(CCCC)CCCC.[B]P(=O)(OP(=O)(O)OP(=O)(O)OC[C@H]1O[C@@H](n2cnc3c(N)ncnc32)[C@H](O)[C@@H]1O)OP(=O)(O)OP(=O)(O)OC[C@H]1O[C@@H](n2cnc3c(N)ncnc32)[C@H](O)[C@@H]1O. The summed E-state index contributed by atoms with van der Waals surface area (Å²) in [7, 11) is -25.0. The molecule has 122 heavy (non-hydrogen) atoms. The fourth-order valence-corrected chi connectivity index (χ4v) is 19.3. The van der Waals surface area contributed by atoms with E-state index in [1.54, 1.807) is 0 Å². The first kappa shape index (κ1) is 117. The van der Waals surface area contributed by atoms with Gasteiger partial charge in [0.1, 0.15) is 60.3 Å². The van der Waals surface area contributed by atoms with Gasteiger partial charge in [-0.25, -0.2) is 56.8 Å².